The Kier molecular flexibility index (Phi) is 40.1. The van der Waals surface area contributed by atoms with Gasteiger partial charge in [0.15, 0.2) is 6.29 Å². The van der Waals surface area contributed by atoms with E-state index in [1.165, 1.54) is 167 Å². The minimum atomic E-state index is -1.66. The summed E-state index contributed by atoms with van der Waals surface area (Å²) in [7, 11) is 0. The third-order valence-electron chi connectivity index (χ3n) is 13.1. The van der Waals surface area contributed by atoms with Crippen LogP contribution in [0.2, 0.25) is 0 Å². The van der Waals surface area contributed by atoms with Crippen LogP contribution in [0, 0.1) is 0 Å². The summed E-state index contributed by atoms with van der Waals surface area (Å²) in [6.07, 6.45) is 35.8. The first-order valence-electron chi connectivity index (χ1n) is 26.6. The van der Waals surface area contributed by atoms with Crippen molar-refractivity contribution in [3.63, 3.8) is 0 Å². The van der Waals surface area contributed by atoms with Crippen molar-refractivity contribution in [3.05, 3.63) is 12.2 Å². The molecule has 1 saturated heterocycles. The van der Waals surface area contributed by atoms with E-state index in [1.54, 1.807) is 0 Å². The fourth-order valence-corrected chi connectivity index (χ4v) is 8.68. The van der Waals surface area contributed by atoms with Crippen LogP contribution in [0.15, 0.2) is 12.2 Å². The highest BCUT2D eigenvalue weighted by Gasteiger charge is 2.44. The van der Waals surface area contributed by atoms with Gasteiger partial charge in [0.25, 0.3) is 0 Å². The lowest BCUT2D eigenvalue weighted by Crippen LogP contribution is -2.60. The van der Waals surface area contributed by atoms with Crippen LogP contribution in [-0.2, 0) is 14.3 Å². The van der Waals surface area contributed by atoms with Gasteiger partial charge in [0.1, 0.15) is 36.6 Å². The summed E-state index contributed by atoms with van der Waals surface area (Å²) in [5.74, 6) is -0.706. The van der Waals surface area contributed by atoms with Crippen LogP contribution in [0.4, 0.5) is 0 Å². The van der Waals surface area contributed by atoms with Gasteiger partial charge in [-0.2, -0.15) is 0 Å². The lowest BCUT2D eigenvalue weighted by molar-refractivity contribution is -0.303. The van der Waals surface area contributed by atoms with Gasteiger partial charge in [-0.1, -0.05) is 219 Å². The predicted octanol–water partition coefficient (Wildman–Crippen LogP) is 10.0. The second kappa shape index (κ2) is 42.2. The number of aliphatic hydroxyl groups is 7. The largest absolute Gasteiger partial charge is 0.394 e. The Hall–Kier alpha value is -1.15. The van der Waals surface area contributed by atoms with Crippen molar-refractivity contribution in [2.45, 2.75) is 300 Å². The molecule has 1 amide bonds. The summed E-state index contributed by atoms with van der Waals surface area (Å²) < 4.78 is 11.1. The summed E-state index contributed by atoms with van der Waals surface area (Å²) in [5, 5.41) is 75.7. The molecule has 1 fully saturated rings. The SMILES string of the molecule is CCCCCCCCCCCCCCCCCCCCCCC/C=C/CCCC(O)C(O)C(COC1OC(CO)C(O)C(O)C1O)NC(=O)C(O)CCCCCCCCCCCC. The van der Waals surface area contributed by atoms with Gasteiger partial charge in [-0.15, -0.1) is 0 Å². The lowest BCUT2D eigenvalue weighted by atomic mass is 9.98. The quantitative estimate of drug-likeness (QED) is 0.0216. The van der Waals surface area contributed by atoms with Crippen LogP contribution in [0.5, 0.6) is 0 Å². The summed E-state index contributed by atoms with van der Waals surface area (Å²) in [4.78, 5) is 13.1. The van der Waals surface area contributed by atoms with Gasteiger partial charge in [-0.3, -0.25) is 4.79 Å². The summed E-state index contributed by atoms with van der Waals surface area (Å²) >= 11 is 0. The number of unbranched alkanes of at least 4 members (excludes halogenated alkanes) is 31. The predicted molar refractivity (Wildman–Crippen MR) is 256 cm³/mol. The number of aliphatic hydroxyl groups excluding tert-OH is 7. The van der Waals surface area contributed by atoms with Crippen LogP contribution < -0.4 is 5.32 Å². The molecule has 1 heterocycles. The summed E-state index contributed by atoms with van der Waals surface area (Å²) in [6, 6.07) is -1.18. The number of rotatable bonds is 45. The highest BCUT2D eigenvalue weighted by Crippen LogP contribution is 2.23. The monoisotopic (exact) mass is 900 g/mol. The number of amides is 1. The van der Waals surface area contributed by atoms with E-state index in [0.29, 0.717) is 12.8 Å². The molecule has 0 saturated carbocycles. The topological polar surface area (TPSA) is 189 Å². The molecule has 9 unspecified atom stereocenters. The van der Waals surface area contributed by atoms with Crippen molar-refractivity contribution in [1.29, 1.82) is 0 Å². The number of hydrogen-bond acceptors (Lipinski definition) is 10. The molecule has 8 N–H and O–H groups in total. The minimum Gasteiger partial charge on any atom is -0.394 e. The number of allylic oxidation sites excluding steroid dienone is 2. The van der Waals surface area contributed by atoms with Crippen molar-refractivity contribution >= 4 is 5.91 Å². The van der Waals surface area contributed by atoms with E-state index in [2.05, 4.69) is 31.3 Å². The average Bonchev–Trinajstić information content (AvgIpc) is 3.28. The number of nitrogens with one attached hydrogen (secondary N) is 1. The fraction of sp³-hybridized carbons (Fsp3) is 0.942. The third kappa shape index (κ3) is 31.5. The lowest BCUT2D eigenvalue weighted by Gasteiger charge is -2.40. The first-order chi connectivity index (χ1) is 30.7. The molecule has 0 aliphatic carbocycles. The maximum atomic E-state index is 13.1. The second-order valence-electron chi connectivity index (χ2n) is 19.0. The van der Waals surface area contributed by atoms with E-state index >= 15 is 0 Å². The summed E-state index contributed by atoms with van der Waals surface area (Å²) in [6.45, 7) is 3.43. The van der Waals surface area contributed by atoms with Crippen LogP contribution in [0.25, 0.3) is 0 Å². The smallest absolute Gasteiger partial charge is 0.249 e. The molecule has 9 atom stereocenters. The minimum absolute atomic E-state index is 0.257. The van der Waals surface area contributed by atoms with Crippen molar-refractivity contribution in [2.75, 3.05) is 13.2 Å². The Labute approximate surface area is 385 Å². The number of hydrogen-bond donors (Lipinski definition) is 8. The first kappa shape index (κ1) is 59.9. The molecule has 1 rings (SSSR count). The molecule has 0 radical (unpaired) electrons. The van der Waals surface area contributed by atoms with Crippen molar-refractivity contribution in [1.82, 2.24) is 5.32 Å². The Balaban J connectivity index is 2.29. The number of ether oxygens (including phenoxy) is 2. The average molecular weight is 900 g/mol. The zero-order valence-corrected chi connectivity index (χ0v) is 40.6. The van der Waals surface area contributed by atoms with E-state index in [4.69, 9.17) is 9.47 Å². The van der Waals surface area contributed by atoms with Crippen molar-refractivity contribution < 1.29 is 50.0 Å². The van der Waals surface area contributed by atoms with Crippen LogP contribution in [0.1, 0.15) is 245 Å². The van der Waals surface area contributed by atoms with Crippen LogP contribution >= 0.6 is 0 Å². The van der Waals surface area contributed by atoms with Gasteiger partial charge in [0.05, 0.1) is 25.4 Å². The Morgan fingerprint density at radius 1 is 0.540 bits per heavy atom. The van der Waals surface area contributed by atoms with E-state index in [-0.39, 0.29) is 12.8 Å². The molecule has 0 spiro atoms. The number of carbonyl (C=O) groups is 1. The van der Waals surface area contributed by atoms with Gasteiger partial charge in [-0.05, 0) is 38.5 Å². The summed E-state index contributed by atoms with van der Waals surface area (Å²) in [5.41, 5.74) is 0. The van der Waals surface area contributed by atoms with E-state index < -0.39 is 74.2 Å². The first-order valence-corrected chi connectivity index (χ1v) is 26.6. The van der Waals surface area contributed by atoms with Crippen LogP contribution in [0.3, 0.4) is 0 Å². The molecule has 374 valence electrons. The molecule has 63 heavy (non-hydrogen) atoms. The highest BCUT2D eigenvalue weighted by atomic mass is 16.7. The normalized spacial score (nSPS) is 21.2. The molecule has 1 aliphatic rings. The van der Waals surface area contributed by atoms with Crippen molar-refractivity contribution in [2.24, 2.45) is 0 Å². The van der Waals surface area contributed by atoms with Gasteiger partial charge in [-0.25, -0.2) is 0 Å². The molecule has 0 aromatic heterocycles. The maximum Gasteiger partial charge on any atom is 0.249 e. The maximum absolute atomic E-state index is 13.1. The third-order valence-corrected chi connectivity index (χ3v) is 13.1. The van der Waals surface area contributed by atoms with Crippen molar-refractivity contribution in [3.8, 4) is 0 Å². The van der Waals surface area contributed by atoms with E-state index in [9.17, 15) is 40.5 Å². The van der Waals surface area contributed by atoms with E-state index in [0.717, 1.165) is 38.5 Å². The Bertz CT molecular complexity index is 1030. The Morgan fingerprint density at radius 3 is 1.37 bits per heavy atom. The van der Waals surface area contributed by atoms with Gasteiger partial charge in [0, 0.05) is 0 Å². The zero-order chi connectivity index (χ0) is 46.2. The molecular weight excluding hydrogens is 799 g/mol. The standard InChI is InChI=1S/C52H101NO10/c1-3-5-7-9-11-13-15-16-17-18-19-20-21-22-23-24-25-26-27-28-29-30-32-33-35-37-39-44(55)47(57)43(42-62-52-50(60)49(59)48(58)46(41-54)63-52)53-51(61)45(56)40-38-36-34-31-14-12-10-8-6-4-2/h32-33,43-50,52,54-60H,3-31,34-42H2,1-2H3,(H,53,61)/b33-32+. The molecule has 0 aromatic rings. The second-order valence-corrected chi connectivity index (χ2v) is 19.0. The fourth-order valence-electron chi connectivity index (χ4n) is 8.68. The van der Waals surface area contributed by atoms with Gasteiger partial charge < -0.3 is 50.5 Å². The molecule has 1 aliphatic heterocycles. The molecule has 11 heteroatoms. The van der Waals surface area contributed by atoms with E-state index in [1.807, 2.05) is 0 Å². The Morgan fingerprint density at radius 2 is 0.937 bits per heavy atom. The van der Waals surface area contributed by atoms with Gasteiger partial charge in [0.2, 0.25) is 5.91 Å². The molecule has 0 bridgehead atoms. The van der Waals surface area contributed by atoms with Crippen LogP contribution in [-0.4, -0.2) is 110 Å². The molecule has 11 nitrogen and oxygen atoms in total. The zero-order valence-electron chi connectivity index (χ0n) is 40.6. The molecule has 0 aromatic carbocycles. The van der Waals surface area contributed by atoms with Gasteiger partial charge >= 0.3 is 0 Å². The molecular formula is C52H101NO10. The highest BCUT2D eigenvalue weighted by molar-refractivity contribution is 5.80. The number of carbonyl (C=O) groups excluding carboxylic acids is 1.